The number of hydrogen-bond donors (Lipinski definition) is 3. The lowest BCUT2D eigenvalue weighted by Crippen LogP contribution is -2.48. The predicted molar refractivity (Wildman–Crippen MR) is 104 cm³/mol. The quantitative estimate of drug-likeness (QED) is 0.710. The van der Waals surface area contributed by atoms with Crippen molar-refractivity contribution in [1.82, 2.24) is 5.32 Å². The zero-order valence-electron chi connectivity index (χ0n) is 14.9. The average molecular weight is 376 g/mol. The predicted octanol–water partition coefficient (Wildman–Crippen LogP) is 4.13. The molecule has 0 bridgehead atoms. The van der Waals surface area contributed by atoms with Crippen molar-refractivity contribution >= 4 is 34.9 Å². The Labute approximate surface area is 157 Å². The Kier molecular flexibility index (Phi) is 6.86. The maximum absolute atomic E-state index is 12.6. The van der Waals surface area contributed by atoms with Gasteiger partial charge < -0.3 is 20.7 Å². The number of para-hydroxylation sites is 1. The SMILES string of the molecule is COc1ccc(NC(=O)C(NC(=O)Nc2ccccc2)C(C)C)cc1Cl. The molecule has 0 aromatic heterocycles. The van der Waals surface area contributed by atoms with Crippen LogP contribution in [0, 0.1) is 5.92 Å². The van der Waals surface area contributed by atoms with E-state index in [9.17, 15) is 9.59 Å². The summed E-state index contributed by atoms with van der Waals surface area (Å²) in [7, 11) is 1.52. The molecule has 0 aliphatic carbocycles. The molecule has 0 saturated carbocycles. The Morgan fingerprint density at radius 2 is 1.69 bits per heavy atom. The van der Waals surface area contributed by atoms with Gasteiger partial charge in [0, 0.05) is 11.4 Å². The van der Waals surface area contributed by atoms with Gasteiger partial charge in [0.25, 0.3) is 0 Å². The van der Waals surface area contributed by atoms with Crippen LogP contribution in [0.3, 0.4) is 0 Å². The van der Waals surface area contributed by atoms with Crippen LogP contribution in [0.15, 0.2) is 48.5 Å². The monoisotopic (exact) mass is 375 g/mol. The van der Waals surface area contributed by atoms with Gasteiger partial charge in [0.05, 0.1) is 12.1 Å². The van der Waals surface area contributed by atoms with E-state index in [0.29, 0.717) is 22.1 Å². The standard InChI is InChI=1S/C19H22ClN3O3/c1-12(2)17(23-19(25)22-13-7-5-4-6-8-13)18(24)21-14-9-10-16(26-3)15(20)11-14/h4-12,17H,1-3H3,(H,21,24)(H2,22,23,25). The summed E-state index contributed by atoms with van der Waals surface area (Å²) in [5, 5.41) is 8.56. The zero-order valence-corrected chi connectivity index (χ0v) is 15.6. The first kappa shape index (κ1) is 19.6. The number of amides is 3. The molecule has 26 heavy (non-hydrogen) atoms. The van der Waals surface area contributed by atoms with E-state index in [2.05, 4.69) is 16.0 Å². The van der Waals surface area contributed by atoms with Crippen molar-refractivity contribution in [1.29, 1.82) is 0 Å². The van der Waals surface area contributed by atoms with Crippen molar-refractivity contribution in [2.45, 2.75) is 19.9 Å². The van der Waals surface area contributed by atoms with Crippen molar-refractivity contribution in [3.63, 3.8) is 0 Å². The first-order chi connectivity index (χ1) is 12.4. The van der Waals surface area contributed by atoms with Crippen LogP contribution in [0.1, 0.15) is 13.8 Å². The van der Waals surface area contributed by atoms with Gasteiger partial charge in [-0.3, -0.25) is 4.79 Å². The van der Waals surface area contributed by atoms with E-state index in [1.165, 1.54) is 7.11 Å². The Morgan fingerprint density at radius 1 is 1.00 bits per heavy atom. The fraction of sp³-hybridized carbons (Fsp3) is 0.263. The van der Waals surface area contributed by atoms with Crippen LogP contribution in [-0.4, -0.2) is 25.1 Å². The lowest BCUT2D eigenvalue weighted by Gasteiger charge is -2.22. The van der Waals surface area contributed by atoms with Crippen LogP contribution in [0.4, 0.5) is 16.2 Å². The van der Waals surface area contributed by atoms with E-state index in [-0.39, 0.29) is 11.8 Å². The first-order valence-electron chi connectivity index (χ1n) is 8.17. The van der Waals surface area contributed by atoms with Crippen LogP contribution in [0.2, 0.25) is 5.02 Å². The summed E-state index contributed by atoms with van der Waals surface area (Å²) in [5.74, 6) is 0.0835. The second-order valence-electron chi connectivity index (χ2n) is 6.02. The maximum Gasteiger partial charge on any atom is 0.319 e. The van der Waals surface area contributed by atoms with E-state index in [4.69, 9.17) is 16.3 Å². The molecule has 0 aliphatic rings. The van der Waals surface area contributed by atoms with Crippen LogP contribution >= 0.6 is 11.6 Å². The molecule has 0 spiro atoms. The number of nitrogens with one attached hydrogen (secondary N) is 3. The number of carbonyl (C=O) groups excluding carboxylic acids is 2. The van der Waals surface area contributed by atoms with Gasteiger partial charge in [-0.05, 0) is 36.2 Å². The third kappa shape index (κ3) is 5.39. The lowest BCUT2D eigenvalue weighted by molar-refractivity contribution is -0.118. The molecule has 0 radical (unpaired) electrons. The fourth-order valence-electron chi connectivity index (χ4n) is 2.33. The van der Waals surface area contributed by atoms with E-state index in [0.717, 1.165) is 0 Å². The van der Waals surface area contributed by atoms with Crippen LogP contribution < -0.4 is 20.7 Å². The van der Waals surface area contributed by atoms with E-state index >= 15 is 0 Å². The van der Waals surface area contributed by atoms with Crippen molar-refractivity contribution < 1.29 is 14.3 Å². The molecule has 3 N–H and O–H groups in total. The molecule has 2 rings (SSSR count). The summed E-state index contributed by atoms with van der Waals surface area (Å²) < 4.78 is 5.09. The summed E-state index contributed by atoms with van der Waals surface area (Å²) in [6.07, 6.45) is 0. The number of ether oxygens (including phenoxy) is 1. The van der Waals surface area contributed by atoms with Gasteiger partial charge in [0.1, 0.15) is 11.8 Å². The molecule has 0 saturated heterocycles. The van der Waals surface area contributed by atoms with Crippen molar-refractivity contribution in [2.75, 3.05) is 17.7 Å². The fourth-order valence-corrected chi connectivity index (χ4v) is 2.59. The minimum atomic E-state index is -0.709. The highest BCUT2D eigenvalue weighted by Gasteiger charge is 2.24. The molecule has 2 aromatic carbocycles. The highest BCUT2D eigenvalue weighted by atomic mass is 35.5. The Bertz CT molecular complexity index is 766. The highest BCUT2D eigenvalue weighted by Crippen LogP contribution is 2.27. The number of benzene rings is 2. The van der Waals surface area contributed by atoms with Gasteiger partial charge in [0.15, 0.2) is 0 Å². The second kappa shape index (κ2) is 9.10. The Balaban J connectivity index is 2.02. The average Bonchev–Trinajstić information content (AvgIpc) is 2.60. The largest absolute Gasteiger partial charge is 0.495 e. The molecule has 0 fully saturated rings. The van der Waals surface area contributed by atoms with E-state index in [1.807, 2.05) is 32.0 Å². The topological polar surface area (TPSA) is 79.5 Å². The van der Waals surface area contributed by atoms with Crippen molar-refractivity contribution in [3.8, 4) is 5.75 Å². The Morgan fingerprint density at radius 3 is 2.27 bits per heavy atom. The number of carbonyl (C=O) groups is 2. The lowest BCUT2D eigenvalue weighted by atomic mass is 10.0. The summed E-state index contributed by atoms with van der Waals surface area (Å²) in [6.45, 7) is 3.71. The van der Waals surface area contributed by atoms with E-state index < -0.39 is 12.1 Å². The smallest absolute Gasteiger partial charge is 0.319 e. The Hall–Kier alpha value is -2.73. The van der Waals surface area contributed by atoms with Gasteiger partial charge in [-0.25, -0.2) is 4.79 Å². The molecular weight excluding hydrogens is 354 g/mol. The summed E-state index contributed by atoms with van der Waals surface area (Å²) in [4.78, 5) is 24.8. The van der Waals surface area contributed by atoms with Gasteiger partial charge in [-0.15, -0.1) is 0 Å². The number of halogens is 1. The molecular formula is C19H22ClN3O3. The second-order valence-corrected chi connectivity index (χ2v) is 6.43. The van der Waals surface area contributed by atoms with Crippen molar-refractivity contribution in [3.05, 3.63) is 53.6 Å². The van der Waals surface area contributed by atoms with Gasteiger partial charge in [-0.1, -0.05) is 43.6 Å². The van der Waals surface area contributed by atoms with Gasteiger partial charge in [0.2, 0.25) is 5.91 Å². The number of rotatable bonds is 6. The van der Waals surface area contributed by atoms with Crippen molar-refractivity contribution in [2.24, 2.45) is 5.92 Å². The first-order valence-corrected chi connectivity index (χ1v) is 8.55. The van der Waals surface area contributed by atoms with Crippen LogP contribution in [-0.2, 0) is 4.79 Å². The molecule has 7 heteroatoms. The molecule has 6 nitrogen and oxygen atoms in total. The molecule has 1 atom stereocenters. The summed E-state index contributed by atoms with van der Waals surface area (Å²) in [5.41, 5.74) is 1.17. The maximum atomic E-state index is 12.6. The van der Waals surface area contributed by atoms with Crippen LogP contribution in [0.5, 0.6) is 5.75 Å². The third-order valence-corrected chi connectivity index (χ3v) is 3.98. The van der Waals surface area contributed by atoms with Gasteiger partial charge in [-0.2, -0.15) is 0 Å². The molecule has 0 heterocycles. The normalized spacial score (nSPS) is 11.6. The molecule has 138 valence electrons. The number of hydrogen-bond acceptors (Lipinski definition) is 3. The zero-order chi connectivity index (χ0) is 19.1. The molecule has 2 aromatic rings. The number of methoxy groups -OCH3 is 1. The molecule has 3 amide bonds. The molecule has 0 aliphatic heterocycles. The minimum Gasteiger partial charge on any atom is -0.495 e. The highest BCUT2D eigenvalue weighted by molar-refractivity contribution is 6.32. The van der Waals surface area contributed by atoms with Gasteiger partial charge >= 0.3 is 6.03 Å². The van der Waals surface area contributed by atoms with E-state index in [1.54, 1.807) is 30.3 Å². The number of anilines is 2. The van der Waals surface area contributed by atoms with Crippen LogP contribution in [0.25, 0.3) is 0 Å². The summed E-state index contributed by atoms with van der Waals surface area (Å²) >= 11 is 6.07. The minimum absolute atomic E-state index is 0.106. The summed E-state index contributed by atoms with van der Waals surface area (Å²) in [6, 6.07) is 12.8. The molecule has 1 unspecified atom stereocenters. The third-order valence-electron chi connectivity index (χ3n) is 3.69. The number of urea groups is 1.